The van der Waals surface area contributed by atoms with E-state index in [1.54, 1.807) is 7.05 Å². The summed E-state index contributed by atoms with van der Waals surface area (Å²) >= 11 is 0. The van der Waals surface area contributed by atoms with Crippen LogP contribution in [0.2, 0.25) is 0 Å². The molecule has 4 atom stereocenters. The molecule has 0 aromatic heterocycles. The largest absolute Gasteiger partial charge is 0.416 e. The number of amides is 1. The highest BCUT2D eigenvalue weighted by Crippen LogP contribution is 2.41. The maximum atomic E-state index is 13.0. The Bertz CT molecular complexity index is 944. The Balaban J connectivity index is 1.71. The smallest absolute Gasteiger partial charge is 0.352 e. The fraction of sp³-hybridized carbons (Fsp3) is 0.682. The van der Waals surface area contributed by atoms with Gasteiger partial charge in [-0.25, -0.2) is 8.42 Å². The van der Waals surface area contributed by atoms with E-state index in [4.69, 9.17) is 0 Å². The summed E-state index contributed by atoms with van der Waals surface area (Å²) in [5.74, 6) is -0.0737. The third-order valence-electron chi connectivity index (χ3n) is 6.43. The number of nitrogens with zero attached hydrogens (tertiary/aromatic N) is 1. The molecule has 1 aromatic rings. The summed E-state index contributed by atoms with van der Waals surface area (Å²) in [5, 5.41) is 6.15. The Kier molecular flexibility index (Phi) is 6.98. The van der Waals surface area contributed by atoms with Gasteiger partial charge in [0.2, 0.25) is 15.9 Å². The van der Waals surface area contributed by atoms with E-state index in [0.717, 1.165) is 25.0 Å². The van der Waals surface area contributed by atoms with Crippen molar-refractivity contribution < 1.29 is 26.4 Å². The first-order valence-corrected chi connectivity index (χ1v) is 12.3. The summed E-state index contributed by atoms with van der Waals surface area (Å²) < 4.78 is 66.5. The zero-order chi connectivity index (χ0) is 23.9. The number of hydrogen-bond donors (Lipinski definition) is 2. The van der Waals surface area contributed by atoms with E-state index in [1.807, 2.05) is 0 Å². The zero-order valence-corrected chi connectivity index (χ0v) is 19.7. The van der Waals surface area contributed by atoms with Crippen LogP contribution in [0.25, 0.3) is 0 Å². The van der Waals surface area contributed by atoms with Gasteiger partial charge in [-0.15, -0.1) is 0 Å². The van der Waals surface area contributed by atoms with Crippen LogP contribution in [0, 0.1) is 17.3 Å². The number of hydrogen-bond acceptors (Lipinski definition) is 4. The first kappa shape index (κ1) is 25.0. The van der Waals surface area contributed by atoms with Crippen molar-refractivity contribution in [2.75, 3.05) is 20.1 Å². The molecule has 1 saturated heterocycles. The Hall–Kier alpha value is -1.65. The van der Waals surface area contributed by atoms with Gasteiger partial charge >= 0.3 is 6.18 Å². The van der Waals surface area contributed by atoms with Gasteiger partial charge in [0, 0.05) is 19.1 Å². The van der Waals surface area contributed by atoms with Crippen molar-refractivity contribution in [3.8, 4) is 0 Å². The number of fused-ring (bicyclic) bond motifs is 1. The Morgan fingerprint density at radius 1 is 1.19 bits per heavy atom. The number of sulfonamides is 1. The standard InChI is InChI=1S/C22H32F3N3O3S/c1-21(2,3)11-19(26-4)20(29)27-18-9-8-14-12-28(13-17(14)18)32(30,31)16-7-5-6-15(10-16)22(23,24)25/h5-7,10,14,17-19,26H,8-9,11-13H2,1-4H3,(H,27,29)/t14-,17+,18+,19+/m1/s1. The summed E-state index contributed by atoms with van der Waals surface area (Å²) in [6.45, 7) is 6.63. The number of nitrogens with one attached hydrogen (secondary N) is 2. The summed E-state index contributed by atoms with van der Waals surface area (Å²) in [6, 6.07) is 3.36. The van der Waals surface area contributed by atoms with E-state index in [9.17, 15) is 26.4 Å². The number of rotatable bonds is 6. The molecular formula is C22H32F3N3O3S. The predicted octanol–water partition coefficient (Wildman–Crippen LogP) is 3.24. The third-order valence-corrected chi connectivity index (χ3v) is 8.26. The van der Waals surface area contributed by atoms with E-state index in [2.05, 4.69) is 31.4 Å². The average Bonchev–Trinajstić information content (AvgIpc) is 3.27. The van der Waals surface area contributed by atoms with Crippen LogP contribution >= 0.6 is 0 Å². The second-order valence-corrected chi connectivity index (χ2v) is 12.0. The molecule has 2 fully saturated rings. The fourth-order valence-electron chi connectivity index (χ4n) is 4.80. The van der Waals surface area contributed by atoms with Crippen LogP contribution in [0.3, 0.4) is 0 Å². The van der Waals surface area contributed by atoms with Gasteiger partial charge in [0.15, 0.2) is 0 Å². The average molecular weight is 476 g/mol. The summed E-state index contributed by atoms with van der Waals surface area (Å²) in [6.07, 6.45) is -2.41. The second kappa shape index (κ2) is 8.95. The van der Waals surface area contributed by atoms with Crippen LogP contribution in [0.1, 0.15) is 45.6 Å². The number of carbonyl (C=O) groups is 1. The molecule has 0 unspecified atom stereocenters. The first-order chi connectivity index (χ1) is 14.7. The molecule has 0 spiro atoms. The second-order valence-electron chi connectivity index (χ2n) is 10.1. The van der Waals surface area contributed by atoms with Crippen molar-refractivity contribution >= 4 is 15.9 Å². The van der Waals surface area contributed by atoms with Gasteiger partial charge in [0.05, 0.1) is 16.5 Å². The molecule has 6 nitrogen and oxygen atoms in total. The lowest BCUT2D eigenvalue weighted by molar-refractivity contribution is -0.137. The quantitative estimate of drug-likeness (QED) is 0.662. The predicted molar refractivity (Wildman–Crippen MR) is 115 cm³/mol. The van der Waals surface area contributed by atoms with Crippen LogP contribution in [0.4, 0.5) is 13.2 Å². The van der Waals surface area contributed by atoms with Gasteiger partial charge in [-0.3, -0.25) is 4.79 Å². The monoisotopic (exact) mass is 475 g/mol. The Morgan fingerprint density at radius 2 is 1.88 bits per heavy atom. The van der Waals surface area contributed by atoms with E-state index in [1.165, 1.54) is 10.4 Å². The molecule has 0 bridgehead atoms. The van der Waals surface area contributed by atoms with Gasteiger partial charge in [0.25, 0.3) is 0 Å². The maximum Gasteiger partial charge on any atom is 0.416 e. The molecule has 180 valence electrons. The van der Waals surface area contributed by atoms with Crippen molar-refractivity contribution in [3.63, 3.8) is 0 Å². The molecule has 3 rings (SSSR count). The highest BCUT2D eigenvalue weighted by Gasteiger charge is 2.47. The lowest BCUT2D eigenvalue weighted by atomic mass is 9.87. The molecule has 1 aromatic carbocycles. The number of halogens is 3. The molecule has 1 amide bonds. The molecule has 1 heterocycles. The summed E-state index contributed by atoms with van der Waals surface area (Å²) in [4.78, 5) is 12.5. The first-order valence-electron chi connectivity index (χ1n) is 10.9. The third kappa shape index (κ3) is 5.46. The highest BCUT2D eigenvalue weighted by molar-refractivity contribution is 7.89. The number of carbonyl (C=O) groups excluding carboxylic acids is 1. The number of benzene rings is 1. The van der Waals surface area contributed by atoms with E-state index in [0.29, 0.717) is 12.5 Å². The molecule has 10 heteroatoms. The Labute approximate surface area is 188 Å². The van der Waals surface area contributed by atoms with Crippen molar-refractivity contribution in [1.29, 1.82) is 0 Å². The van der Waals surface area contributed by atoms with Crippen LogP contribution < -0.4 is 10.6 Å². The van der Waals surface area contributed by atoms with Crippen LogP contribution in [-0.2, 0) is 21.0 Å². The number of likely N-dealkylation sites (N-methyl/N-ethyl adjacent to an activating group) is 1. The van der Waals surface area contributed by atoms with E-state index >= 15 is 0 Å². The molecule has 1 aliphatic carbocycles. The molecule has 32 heavy (non-hydrogen) atoms. The minimum Gasteiger partial charge on any atom is -0.352 e. The van der Waals surface area contributed by atoms with Gasteiger partial charge in [0.1, 0.15) is 0 Å². The van der Waals surface area contributed by atoms with Gasteiger partial charge in [-0.05, 0) is 61.8 Å². The van der Waals surface area contributed by atoms with Crippen molar-refractivity contribution in [2.45, 2.75) is 63.2 Å². The highest BCUT2D eigenvalue weighted by atomic mass is 32.2. The summed E-state index contributed by atoms with van der Waals surface area (Å²) in [5.41, 5.74) is -1.02. The molecule has 1 saturated carbocycles. The Morgan fingerprint density at radius 3 is 2.47 bits per heavy atom. The normalized spacial score (nSPS) is 25.5. The topological polar surface area (TPSA) is 78.5 Å². The van der Waals surface area contributed by atoms with E-state index in [-0.39, 0.29) is 53.2 Å². The van der Waals surface area contributed by atoms with Gasteiger partial charge in [-0.1, -0.05) is 26.8 Å². The zero-order valence-electron chi connectivity index (χ0n) is 18.9. The summed E-state index contributed by atoms with van der Waals surface area (Å²) in [7, 11) is -2.31. The molecule has 0 radical (unpaired) electrons. The molecule has 2 N–H and O–H groups in total. The lowest BCUT2D eigenvalue weighted by Crippen LogP contribution is -2.49. The van der Waals surface area contributed by atoms with Gasteiger partial charge in [-0.2, -0.15) is 17.5 Å². The minimum atomic E-state index is -4.61. The lowest BCUT2D eigenvalue weighted by Gasteiger charge is -2.28. The molecular weight excluding hydrogens is 443 g/mol. The van der Waals surface area contributed by atoms with Crippen molar-refractivity contribution in [2.24, 2.45) is 17.3 Å². The SMILES string of the molecule is CN[C@@H](CC(C)(C)C)C(=O)N[C@H]1CC[C@@H]2CN(S(=O)(=O)c3cccc(C(F)(F)F)c3)C[C@@H]21. The number of alkyl halides is 3. The van der Waals surface area contributed by atoms with E-state index < -0.39 is 21.8 Å². The van der Waals surface area contributed by atoms with Crippen LogP contribution in [0.5, 0.6) is 0 Å². The molecule has 2 aliphatic rings. The fourth-order valence-corrected chi connectivity index (χ4v) is 6.38. The molecule has 1 aliphatic heterocycles. The van der Waals surface area contributed by atoms with Crippen molar-refractivity contribution in [3.05, 3.63) is 29.8 Å². The van der Waals surface area contributed by atoms with Crippen LogP contribution in [-0.4, -0.2) is 50.9 Å². The minimum absolute atomic E-state index is 0.0353. The van der Waals surface area contributed by atoms with Crippen molar-refractivity contribution in [1.82, 2.24) is 14.9 Å². The van der Waals surface area contributed by atoms with Crippen LogP contribution in [0.15, 0.2) is 29.2 Å². The van der Waals surface area contributed by atoms with Gasteiger partial charge < -0.3 is 10.6 Å². The maximum absolute atomic E-state index is 13.0.